The first-order chi connectivity index (χ1) is 14.2. The van der Waals surface area contributed by atoms with Gasteiger partial charge in [-0.3, -0.25) is 24.4 Å². The van der Waals surface area contributed by atoms with Crippen LogP contribution in [0.3, 0.4) is 0 Å². The molecule has 1 saturated carbocycles. The van der Waals surface area contributed by atoms with E-state index in [1.165, 1.54) is 5.56 Å². The molecule has 3 aliphatic rings. The topological polar surface area (TPSA) is 77.6 Å². The largest absolute Gasteiger partial charge is 0.352 e. The molecular formula is C22H33N5O2. The number of amides is 2. The molecule has 2 saturated heterocycles. The third-order valence-electron chi connectivity index (χ3n) is 6.42. The van der Waals surface area contributed by atoms with Crippen LogP contribution in [0.2, 0.25) is 0 Å². The monoisotopic (exact) mass is 399 g/mol. The SMILES string of the molecule is O=C(CNC(=O)C1CCCN(C2CCN(Cc3ccncc3)CC2)C1)NC1CC1. The molecule has 4 rings (SSSR count). The number of hydrogen-bond acceptors (Lipinski definition) is 5. The highest BCUT2D eigenvalue weighted by atomic mass is 16.2. The molecule has 0 spiro atoms. The van der Waals surface area contributed by atoms with E-state index in [0.29, 0.717) is 12.1 Å². The molecular weight excluding hydrogens is 366 g/mol. The number of carbonyl (C=O) groups excluding carboxylic acids is 2. The Balaban J connectivity index is 1.19. The predicted octanol–water partition coefficient (Wildman–Crippen LogP) is 1.15. The number of nitrogens with zero attached hydrogens (tertiary/aromatic N) is 3. The van der Waals surface area contributed by atoms with E-state index in [1.807, 2.05) is 12.4 Å². The molecule has 1 aromatic heterocycles. The molecule has 2 amide bonds. The number of likely N-dealkylation sites (tertiary alicyclic amines) is 2. The number of aromatic nitrogens is 1. The van der Waals surface area contributed by atoms with Gasteiger partial charge in [0.2, 0.25) is 11.8 Å². The fourth-order valence-electron chi connectivity index (χ4n) is 4.56. The van der Waals surface area contributed by atoms with Crippen LogP contribution in [0, 0.1) is 5.92 Å². The van der Waals surface area contributed by atoms with Gasteiger partial charge in [0.15, 0.2) is 0 Å². The minimum Gasteiger partial charge on any atom is -0.352 e. The summed E-state index contributed by atoms with van der Waals surface area (Å²) >= 11 is 0. The maximum Gasteiger partial charge on any atom is 0.239 e. The smallest absolute Gasteiger partial charge is 0.239 e. The number of rotatable bonds is 7. The lowest BCUT2D eigenvalue weighted by Gasteiger charge is -2.42. The van der Waals surface area contributed by atoms with Gasteiger partial charge in [-0.2, -0.15) is 0 Å². The summed E-state index contributed by atoms with van der Waals surface area (Å²) in [5.41, 5.74) is 1.32. The molecule has 0 radical (unpaired) electrons. The molecule has 2 aliphatic heterocycles. The normalized spacial score (nSPS) is 24.2. The average Bonchev–Trinajstić information content (AvgIpc) is 3.57. The summed E-state index contributed by atoms with van der Waals surface area (Å²) in [5, 5.41) is 5.77. The maximum atomic E-state index is 12.6. The zero-order chi connectivity index (χ0) is 20.1. The Kier molecular flexibility index (Phi) is 6.77. The van der Waals surface area contributed by atoms with Crippen molar-refractivity contribution in [1.29, 1.82) is 0 Å². The van der Waals surface area contributed by atoms with Crippen LogP contribution in [0.15, 0.2) is 24.5 Å². The predicted molar refractivity (Wildman–Crippen MR) is 111 cm³/mol. The maximum absolute atomic E-state index is 12.6. The van der Waals surface area contributed by atoms with Crippen molar-refractivity contribution >= 4 is 11.8 Å². The van der Waals surface area contributed by atoms with Gasteiger partial charge in [-0.1, -0.05) is 0 Å². The summed E-state index contributed by atoms with van der Waals surface area (Å²) in [6.45, 7) is 5.21. The Morgan fingerprint density at radius 3 is 2.52 bits per heavy atom. The zero-order valence-corrected chi connectivity index (χ0v) is 17.2. The minimum atomic E-state index is -0.0601. The molecule has 0 aromatic carbocycles. The molecule has 7 nitrogen and oxygen atoms in total. The minimum absolute atomic E-state index is 0.00678. The van der Waals surface area contributed by atoms with Crippen LogP contribution in [0.1, 0.15) is 44.1 Å². The lowest BCUT2D eigenvalue weighted by atomic mass is 9.93. The molecule has 1 unspecified atom stereocenters. The van der Waals surface area contributed by atoms with E-state index < -0.39 is 0 Å². The first-order valence-corrected chi connectivity index (χ1v) is 11.1. The van der Waals surface area contributed by atoms with Crippen LogP contribution < -0.4 is 10.6 Å². The Hall–Kier alpha value is -1.99. The van der Waals surface area contributed by atoms with E-state index in [1.54, 1.807) is 0 Å². The van der Waals surface area contributed by atoms with Gasteiger partial charge in [0.05, 0.1) is 12.5 Å². The lowest BCUT2D eigenvalue weighted by Crippen LogP contribution is -2.51. The third-order valence-corrected chi connectivity index (χ3v) is 6.42. The van der Waals surface area contributed by atoms with Crippen LogP contribution in [0.5, 0.6) is 0 Å². The second-order valence-corrected chi connectivity index (χ2v) is 8.76. The summed E-state index contributed by atoms with van der Waals surface area (Å²) in [5.74, 6) is -0.0156. The zero-order valence-electron chi connectivity index (χ0n) is 17.2. The van der Waals surface area contributed by atoms with Crippen LogP contribution in [0.25, 0.3) is 0 Å². The number of pyridine rings is 1. The molecule has 1 aromatic rings. The van der Waals surface area contributed by atoms with Crippen LogP contribution in [-0.4, -0.2) is 71.4 Å². The summed E-state index contributed by atoms with van der Waals surface area (Å²) < 4.78 is 0. The van der Waals surface area contributed by atoms with Crippen molar-refractivity contribution in [2.24, 2.45) is 5.92 Å². The molecule has 1 atom stereocenters. The van der Waals surface area contributed by atoms with Gasteiger partial charge in [-0.25, -0.2) is 0 Å². The van der Waals surface area contributed by atoms with Crippen molar-refractivity contribution < 1.29 is 9.59 Å². The van der Waals surface area contributed by atoms with Gasteiger partial charge in [-0.05, 0) is 75.9 Å². The average molecular weight is 400 g/mol. The van der Waals surface area contributed by atoms with E-state index >= 15 is 0 Å². The van der Waals surface area contributed by atoms with Gasteiger partial charge >= 0.3 is 0 Å². The van der Waals surface area contributed by atoms with Gasteiger partial charge < -0.3 is 10.6 Å². The summed E-state index contributed by atoms with van der Waals surface area (Å²) in [7, 11) is 0. The van der Waals surface area contributed by atoms with Crippen molar-refractivity contribution in [3.8, 4) is 0 Å². The quantitative estimate of drug-likeness (QED) is 0.719. The molecule has 3 heterocycles. The van der Waals surface area contributed by atoms with Gasteiger partial charge in [0.1, 0.15) is 0 Å². The number of nitrogens with one attached hydrogen (secondary N) is 2. The standard InChI is InChI=1S/C22H33N5O2/c28-21(25-19-3-4-19)14-24-22(29)18-2-1-11-27(16-18)20-7-12-26(13-8-20)15-17-5-9-23-10-6-17/h5-6,9-10,18-20H,1-4,7-8,11-16H2,(H,24,29)(H,25,28). The number of piperidine rings is 2. The molecule has 29 heavy (non-hydrogen) atoms. The van der Waals surface area contributed by atoms with E-state index in [2.05, 4.69) is 37.6 Å². The van der Waals surface area contributed by atoms with Crippen LogP contribution in [0.4, 0.5) is 0 Å². The van der Waals surface area contributed by atoms with Gasteiger partial charge in [0, 0.05) is 37.6 Å². The Morgan fingerprint density at radius 1 is 1.03 bits per heavy atom. The Bertz CT molecular complexity index is 686. The highest BCUT2D eigenvalue weighted by Crippen LogP contribution is 2.24. The Labute approximate surface area is 173 Å². The van der Waals surface area contributed by atoms with Crippen molar-refractivity contribution in [1.82, 2.24) is 25.4 Å². The molecule has 3 fully saturated rings. The second kappa shape index (κ2) is 9.67. The molecule has 158 valence electrons. The lowest BCUT2D eigenvalue weighted by molar-refractivity contribution is -0.130. The summed E-state index contributed by atoms with van der Waals surface area (Å²) in [6.07, 6.45) is 10.1. The van der Waals surface area contributed by atoms with Gasteiger partial charge in [0.25, 0.3) is 0 Å². The molecule has 7 heteroatoms. The van der Waals surface area contributed by atoms with Crippen molar-refractivity contribution in [2.75, 3.05) is 32.7 Å². The fourth-order valence-corrected chi connectivity index (χ4v) is 4.56. The van der Waals surface area contributed by atoms with Crippen LogP contribution >= 0.6 is 0 Å². The fraction of sp³-hybridized carbons (Fsp3) is 0.682. The van der Waals surface area contributed by atoms with E-state index in [0.717, 1.165) is 71.2 Å². The van der Waals surface area contributed by atoms with E-state index in [-0.39, 0.29) is 24.3 Å². The molecule has 1 aliphatic carbocycles. The van der Waals surface area contributed by atoms with Crippen molar-refractivity contribution in [2.45, 2.75) is 57.2 Å². The van der Waals surface area contributed by atoms with Crippen molar-refractivity contribution in [3.63, 3.8) is 0 Å². The summed E-state index contributed by atoms with van der Waals surface area (Å²) in [4.78, 5) is 33.5. The molecule has 2 N–H and O–H groups in total. The highest BCUT2D eigenvalue weighted by Gasteiger charge is 2.32. The van der Waals surface area contributed by atoms with Gasteiger partial charge in [-0.15, -0.1) is 0 Å². The molecule has 0 bridgehead atoms. The third kappa shape index (κ3) is 6.00. The van der Waals surface area contributed by atoms with Crippen molar-refractivity contribution in [3.05, 3.63) is 30.1 Å². The van der Waals surface area contributed by atoms with E-state index in [9.17, 15) is 9.59 Å². The first-order valence-electron chi connectivity index (χ1n) is 11.1. The van der Waals surface area contributed by atoms with E-state index in [4.69, 9.17) is 0 Å². The second-order valence-electron chi connectivity index (χ2n) is 8.76. The summed E-state index contributed by atoms with van der Waals surface area (Å²) in [6, 6.07) is 5.09. The Morgan fingerprint density at radius 2 is 1.79 bits per heavy atom. The number of carbonyl (C=O) groups is 2. The number of hydrogen-bond donors (Lipinski definition) is 2. The highest BCUT2D eigenvalue weighted by molar-refractivity contribution is 5.86. The van der Waals surface area contributed by atoms with Crippen LogP contribution in [-0.2, 0) is 16.1 Å². The first kappa shape index (κ1) is 20.3.